The molecule has 0 saturated carbocycles. The van der Waals surface area contributed by atoms with Crippen LogP contribution in [0.1, 0.15) is 37.1 Å². The summed E-state index contributed by atoms with van der Waals surface area (Å²) in [6.07, 6.45) is 9.69. The molecule has 148 valence electrons. The van der Waals surface area contributed by atoms with Gasteiger partial charge in [0.2, 0.25) is 0 Å². The molecule has 4 aromatic rings. The van der Waals surface area contributed by atoms with Crippen LogP contribution in [-0.2, 0) is 0 Å². The van der Waals surface area contributed by atoms with E-state index in [1.54, 1.807) is 16.7 Å². The SMILES string of the molecule is CCN1CCC(c2cn3c(=O)cc(-c4ccc5nc(C)cn5c4)nc3cn2)CC1. The summed E-state index contributed by atoms with van der Waals surface area (Å²) in [5.41, 5.74) is 4.84. The predicted octanol–water partition coefficient (Wildman–Crippen LogP) is 2.91. The molecule has 5 heterocycles. The Labute approximate surface area is 168 Å². The number of aromatic nitrogens is 5. The summed E-state index contributed by atoms with van der Waals surface area (Å²) < 4.78 is 3.58. The molecular weight excluding hydrogens is 364 g/mol. The lowest BCUT2D eigenvalue weighted by atomic mass is 9.94. The van der Waals surface area contributed by atoms with Crippen molar-refractivity contribution in [2.45, 2.75) is 32.6 Å². The molecule has 0 aliphatic carbocycles. The number of aryl methyl sites for hydroxylation is 1. The molecule has 5 rings (SSSR count). The first-order valence-electron chi connectivity index (χ1n) is 10.2. The molecule has 4 aromatic heterocycles. The quantitative estimate of drug-likeness (QED) is 0.540. The summed E-state index contributed by atoms with van der Waals surface area (Å²) in [6, 6.07) is 5.49. The average molecular weight is 388 g/mol. The summed E-state index contributed by atoms with van der Waals surface area (Å²) >= 11 is 0. The maximum atomic E-state index is 12.8. The fourth-order valence-electron chi connectivity index (χ4n) is 4.20. The molecule has 0 radical (unpaired) electrons. The van der Waals surface area contributed by atoms with Crippen LogP contribution in [0.25, 0.3) is 22.6 Å². The van der Waals surface area contributed by atoms with Gasteiger partial charge in [-0.05, 0) is 51.5 Å². The van der Waals surface area contributed by atoms with Crippen molar-refractivity contribution in [1.29, 1.82) is 0 Å². The van der Waals surface area contributed by atoms with E-state index in [1.807, 2.05) is 42.0 Å². The fourth-order valence-corrected chi connectivity index (χ4v) is 4.20. The van der Waals surface area contributed by atoms with Gasteiger partial charge in [-0.15, -0.1) is 0 Å². The van der Waals surface area contributed by atoms with Crippen molar-refractivity contribution in [2.75, 3.05) is 19.6 Å². The zero-order chi connectivity index (χ0) is 20.0. The summed E-state index contributed by atoms with van der Waals surface area (Å²) in [5, 5.41) is 0. The summed E-state index contributed by atoms with van der Waals surface area (Å²) in [6.45, 7) is 7.42. The van der Waals surface area contributed by atoms with Gasteiger partial charge < -0.3 is 9.30 Å². The molecule has 0 bridgehead atoms. The van der Waals surface area contributed by atoms with Gasteiger partial charge in [-0.2, -0.15) is 0 Å². The Morgan fingerprint density at radius 1 is 1.07 bits per heavy atom. The Balaban J connectivity index is 1.50. The van der Waals surface area contributed by atoms with E-state index in [0.29, 0.717) is 17.3 Å². The molecule has 7 nitrogen and oxygen atoms in total. The molecule has 1 aliphatic heterocycles. The molecular formula is C22H24N6O. The first kappa shape index (κ1) is 18.0. The molecule has 0 N–H and O–H groups in total. The van der Waals surface area contributed by atoms with Gasteiger partial charge in [0.1, 0.15) is 5.65 Å². The van der Waals surface area contributed by atoms with E-state index < -0.39 is 0 Å². The maximum Gasteiger partial charge on any atom is 0.258 e. The number of rotatable bonds is 3. The average Bonchev–Trinajstić information content (AvgIpc) is 3.12. The lowest BCUT2D eigenvalue weighted by Crippen LogP contribution is -2.33. The zero-order valence-corrected chi connectivity index (χ0v) is 16.7. The van der Waals surface area contributed by atoms with Crippen molar-refractivity contribution >= 4 is 11.3 Å². The second kappa shape index (κ2) is 7.08. The number of pyridine rings is 1. The molecule has 0 aromatic carbocycles. The number of imidazole rings is 1. The van der Waals surface area contributed by atoms with E-state index in [0.717, 1.165) is 55.1 Å². The number of piperidine rings is 1. The first-order chi connectivity index (χ1) is 14.1. The van der Waals surface area contributed by atoms with Gasteiger partial charge in [0.05, 0.1) is 23.3 Å². The van der Waals surface area contributed by atoms with Crippen LogP contribution in [0.4, 0.5) is 0 Å². The van der Waals surface area contributed by atoms with Crippen molar-refractivity contribution in [2.24, 2.45) is 0 Å². The van der Waals surface area contributed by atoms with Crippen molar-refractivity contribution in [1.82, 2.24) is 28.7 Å². The fraction of sp³-hybridized carbons (Fsp3) is 0.364. The van der Waals surface area contributed by atoms with E-state index in [-0.39, 0.29) is 5.56 Å². The maximum absolute atomic E-state index is 12.8. The minimum atomic E-state index is -0.0819. The third-order valence-corrected chi connectivity index (χ3v) is 5.89. The first-order valence-corrected chi connectivity index (χ1v) is 10.2. The summed E-state index contributed by atoms with van der Waals surface area (Å²) in [4.78, 5) is 29.1. The number of fused-ring (bicyclic) bond motifs is 2. The van der Waals surface area contributed by atoms with E-state index in [2.05, 4.69) is 26.8 Å². The van der Waals surface area contributed by atoms with Crippen molar-refractivity contribution < 1.29 is 0 Å². The van der Waals surface area contributed by atoms with Crippen LogP contribution in [-0.4, -0.2) is 48.3 Å². The third-order valence-electron chi connectivity index (χ3n) is 5.89. The Morgan fingerprint density at radius 2 is 1.90 bits per heavy atom. The molecule has 0 atom stereocenters. The molecule has 1 aliphatic rings. The standard InChI is InChI=1S/C22H24N6O/c1-3-26-8-6-16(7-9-26)19-14-28-21(11-23-19)25-18(10-22(28)29)17-4-5-20-24-15(2)12-27(20)13-17/h4-5,10-14,16H,3,6-9H2,1-2H3. The summed E-state index contributed by atoms with van der Waals surface area (Å²) in [5.74, 6) is 0.403. The lowest BCUT2D eigenvalue weighted by Gasteiger charge is -2.30. The monoisotopic (exact) mass is 388 g/mol. The second-order valence-corrected chi connectivity index (χ2v) is 7.79. The number of hydrogen-bond acceptors (Lipinski definition) is 5. The van der Waals surface area contributed by atoms with Gasteiger partial charge in [0.25, 0.3) is 5.56 Å². The van der Waals surface area contributed by atoms with Gasteiger partial charge in [-0.25, -0.2) is 9.97 Å². The Bertz CT molecular complexity index is 1250. The van der Waals surface area contributed by atoms with E-state index in [4.69, 9.17) is 0 Å². The van der Waals surface area contributed by atoms with Crippen molar-refractivity contribution in [3.8, 4) is 11.3 Å². The minimum Gasteiger partial charge on any atom is -0.306 e. The Hall–Kier alpha value is -3.06. The smallest absolute Gasteiger partial charge is 0.258 e. The molecule has 0 amide bonds. The highest BCUT2D eigenvalue weighted by atomic mass is 16.1. The van der Waals surface area contributed by atoms with Gasteiger partial charge in [0.15, 0.2) is 5.65 Å². The van der Waals surface area contributed by atoms with Crippen LogP contribution in [0.15, 0.2) is 47.8 Å². The van der Waals surface area contributed by atoms with Crippen LogP contribution in [0.5, 0.6) is 0 Å². The lowest BCUT2D eigenvalue weighted by molar-refractivity contribution is 0.220. The molecule has 1 saturated heterocycles. The Kier molecular flexibility index (Phi) is 4.39. The minimum absolute atomic E-state index is 0.0819. The van der Waals surface area contributed by atoms with Crippen LogP contribution in [0.2, 0.25) is 0 Å². The van der Waals surface area contributed by atoms with Crippen molar-refractivity contribution in [3.63, 3.8) is 0 Å². The van der Waals surface area contributed by atoms with E-state index in [1.165, 1.54) is 0 Å². The molecule has 29 heavy (non-hydrogen) atoms. The molecule has 0 spiro atoms. The van der Waals surface area contributed by atoms with E-state index in [9.17, 15) is 4.79 Å². The topological polar surface area (TPSA) is 67.8 Å². The largest absolute Gasteiger partial charge is 0.306 e. The molecule has 0 unspecified atom stereocenters. The van der Waals surface area contributed by atoms with Gasteiger partial charge in [-0.1, -0.05) is 6.92 Å². The van der Waals surface area contributed by atoms with Gasteiger partial charge in [-0.3, -0.25) is 14.2 Å². The van der Waals surface area contributed by atoms with Crippen LogP contribution >= 0.6 is 0 Å². The number of likely N-dealkylation sites (tertiary alicyclic amines) is 1. The van der Waals surface area contributed by atoms with Gasteiger partial charge in [0, 0.05) is 36.1 Å². The molecule has 1 fully saturated rings. The predicted molar refractivity (Wildman–Crippen MR) is 112 cm³/mol. The number of nitrogens with zero attached hydrogens (tertiary/aromatic N) is 6. The van der Waals surface area contributed by atoms with Crippen LogP contribution in [0.3, 0.4) is 0 Å². The number of hydrogen-bond donors (Lipinski definition) is 0. The second-order valence-electron chi connectivity index (χ2n) is 7.79. The van der Waals surface area contributed by atoms with E-state index >= 15 is 0 Å². The highest BCUT2D eigenvalue weighted by Crippen LogP contribution is 2.26. The van der Waals surface area contributed by atoms with Gasteiger partial charge >= 0.3 is 0 Å². The van der Waals surface area contributed by atoms with Crippen molar-refractivity contribution in [3.05, 3.63) is 64.7 Å². The Morgan fingerprint density at radius 3 is 2.69 bits per heavy atom. The highest BCUT2D eigenvalue weighted by Gasteiger charge is 2.21. The normalized spacial score (nSPS) is 16.1. The zero-order valence-electron chi connectivity index (χ0n) is 16.7. The summed E-state index contributed by atoms with van der Waals surface area (Å²) in [7, 11) is 0. The highest BCUT2D eigenvalue weighted by molar-refractivity contribution is 5.62. The van der Waals surface area contributed by atoms with Crippen LogP contribution in [0, 0.1) is 6.92 Å². The van der Waals surface area contributed by atoms with Crippen LogP contribution < -0.4 is 5.56 Å². The molecule has 7 heteroatoms. The third kappa shape index (κ3) is 3.31.